The van der Waals surface area contributed by atoms with Crippen LogP contribution in [-0.2, 0) is 24.4 Å². The standard InChI is InChI=1S/C24H34N4O5S/c1-22(2,3)18(25)20(30)28-13-15-16(23(15,4)5)17(28)19(29)26-24(11-12-24)21(31)27-34(32,33)14-9-7-6-8-10-14/h6-10,15-18H,11-13,25H2,1-5H3,(H,26,29)(H,27,31)/t15-,16-,17-,18+/m0/s1. The fraction of sp³-hybridized carbons (Fsp3) is 0.625. The molecule has 1 aliphatic heterocycles. The third-order valence-corrected chi connectivity index (χ3v) is 9.13. The highest BCUT2D eigenvalue weighted by atomic mass is 32.2. The fourth-order valence-corrected chi connectivity index (χ4v) is 6.16. The molecule has 1 heterocycles. The second-order valence-electron chi connectivity index (χ2n) is 11.6. The van der Waals surface area contributed by atoms with Crippen molar-refractivity contribution in [2.75, 3.05) is 6.54 Å². The molecule has 1 saturated heterocycles. The Labute approximate surface area is 200 Å². The lowest BCUT2D eigenvalue weighted by molar-refractivity contribution is -0.144. The molecule has 0 radical (unpaired) electrons. The normalized spacial score (nSPS) is 27.4. The predicted octanol–water partition coefficient (Wildman–Crippen LogP) is 0.997. The third-order valence-electron chi connectivity index (χ3n) is 7.79. The van der Waals surface area contributed by atoms with Crippen LogP contribution in [0.25, 0.3) is 0 Å². The van der Waals surface area contributed by atoms with Gasteiger partial charge in [-0.05, 0) is 47.6 Å². The maximum atomic E-state index is 13.5. The molecule has 4 rings (SSSR count). The Hall–Kier alpha value is -2.46. The molecule has 1 aromatic rings. The Morgan fingerprint density at radius 3 is 2.24 bits per heavy atom. The molecule has 4 N–H and O–H groups in total. The summed E-state index contributed by atoms with van der Waals surface area (Å²) in [7, 11) is -4.06. The van der Waals surface area contributed by atoms with Gasteiger partial charge < -0.3 is 16.0 Å². The van der Waals surface area contributed by atoms with E-state index in [2.05, 4.69) is 23.9 Å². The number of carbonyl (C=O) groups excluding carboxylic acids is 3. The number of carbonyl (C=O) groups is 3. The number of likely N-dealkylation sites (tertiary alicyclic amines) is 1. The van der Waals surface area contributed by atoms with Gasteiger partial charge in [-0.15, -0.1) is 0 Å². The SMILES string of the molecule is CC(C)(C)[C@H](N)C(=O)N1C[C@H]2[C@@H]([C@H]1C(=O)NC1(C(=O)NS(=O)(=O)c3ccccc3)CC1)C2(C)C. The minimum absolute atomic E-state index is 0.0308. The minimum atomic E-state index is -4.06. The lowest BCUT2D eigenvalue weighted by Crippen LogP contribution is -2.60. The molecule has 2 aliphatic carbocycles. The number of sulfonamides is 1. The first-order chi connectivity index (χ1) is 15.6. The number of fused-ring (bicyclic) bond motifs is 1. The van der Waals surface area contributed by atoms with E-state index in [4.69, 9.17) is 5.73 Å². The average Bonchev–Trinajstić information content (AvgIpc) is 3.56. The van der Waals surface area contributed by atoms with Gasteiger partial charge in [0.05, 0.1) is 10.9 Å². The van der Waals surface area contributed by atoms with Gasteiger partial charge in [0.2, 0.25) is 11.8 Å². The number of nitrogens with zero attached hydrogens (tertiary/aromatic N) is 1. The Kier molecular flexibility index (Phi) is 5.64. The number of nitrogens with two attached hydrogens (primary N) is 1. The summed E-state index contributed by atoms with van der Waals surface area (Å²) in [5, 5.41) is 2.79. The topological polar surface area (TPSA) is 139 Å². The number of amides is 3. The van der Waals surface area contributed by atoms with Crippen LogP contribution in [0.3, 0.4) is 0 Å². The van der Waals surface area contributed by atoms with E-state index in [1.54, 1.807) is 23.1 Å². The molecule has 4 atom stereocenters. The van der Waals surface area contributed by atoms with E-state index in [9.17, 15) is 22.8 Å². The molecule has 0 bridgehead atoms. The van der Waals surface area contributed by atoms with Crippen molar-refractivity contribution >= 4 is 27.7 Å². The lowest BCUT2D eigenvalue weighted by Gasteiger charge is -2.36. The molecule has 186 valence electrons. The van der Waals surface area contributed by atoms with Crippen LogP contribution in [0.2, 0.25) is 0 Å². The molecular formula is C24H34N4O5S. The Balaban J connectivity index is 1.51. The summed E-state index contributed by atoms with van der Waals surface area (Å²) >= 11 is 0. The van der Waals surface area contributed by atoms with Crippen molar-refractivity contribution in [1.82, 2.24) is 14.9 Å². The maximum absolute atomic E-state index is 13.5. The molecule has 1 aromatic carbocycles. The highest BCUT2D eigenvalue weighted by Gasteiger charge is 2.70. The van der Waals surface area contributed by atoms with E-state index in [1.807, 2.05) is 20.8 Å². The van der Waals surface area contributed by atoms with Gasteiger partial charge >= 0.3 is 0 Å². The zero-order chi connectivity index (χ0) is 25.3. The second-order valence-corrected chi connectivity index (χ2v) is 13.2. The maximum Gasteiger partial charge on any atom is 0.264 e. The molecule has 3 aliphatic rings. The molecule has 0 aromatic heterocycles. The molecular weight excluding hydrogens is 456 g/mol. The van der Waals surface area contributed by atoms with Crippen LogP contribution in [0, 0.1) is 22.7 Å². The van der Waals surface area contributed by atoms with Crippen molar-refractivity contribution in [2.24, 2.45) is 28.4 Å². The van der Waals surface area contributed by atoms with Crippen molar-refractivity contribution in [3.05, 3.63) is 30.3 Å². The van der Waals surface area contributed by atoms with Gasteiger partial charge in [-0.1, -0.05) is 52.8 Å². The average molecular weight is 491 g/mol. The highest BCUT2D eigenvalue weighted by Crippen LogP contribution is 2.65. The van der Waals surface area contributed by atoms with Gasteiger partial charge in [0.15, 0.2) is 0 Å². The van der Waals surface area contributed by atoms with E-state index in [1.165, 1.54) is 12.1 Å². The molecule has 3 amide bonds. The minimum Gasteiger partial charge on any atom is -0.340 e. The van der Waals surface area contributed by atoms with Gasteiger partial charge in [-0.25, -0.2) is 13.1 Å². The fourth-order valence-electron chi connectivity index (χ4n) is 5.08. The van der Waals surface area contributed by atoms with Crippen LogP contribution in [-0.4, -0.2) is 55.2 Å². The molecule has 0 spiro atoms. The van der Waals surface area contributed by atoms with Gasteiger partial charge in [0.1, 0.15) is 11.6 Å². The monoisotopic (exact) mass is 490 g/mol. The van der Waals surface area contributed by atoms with E-state index >= 15 is 0 Å². The van der Waals surface area contributed by atoms with Crippen LogP contribution >= 0.6 is 0 Å². The van der Waals surface area contributed by atoms with Crippen LogP contribution in [0.5, 0.6) is 0 Å². The van der Waals surface area contributed by atoms with Crippen LogP contribution in [0.15, 0.2) is 35.2 Å². The molecule has 2 saturated carbocycles. The van der Waals surface area contributed by atoms with Gasteiger partial charge in [-0.2, -0.15) is 0 Å². The summed E-state index contributed by atoms with van der Waals surface area (Å²) in [6, 6.07) is 6.09. The number of nitrogens with one attached hydrogen (secondary N) is 2. The van der Waals surface area contributed by atoms with Gasteiger partial charge in [0, 0.05) is 6.54 Å². The number of piperidine rings is 1. The summed E-state index contributed by atoms with van der Waals surface area (Å²) in [6.07, 6.45) is 0.656. The first-order valence-corrected chi connectivity index (χ1v) is 13.1. The Morgan fingerprint density at radius 2 is 1.71 bits per heavy atom. The molecule has 9 nitrogen and oxygen atoms in total. The first-order valence-electron chi connectivity index (χ1n) is 11.6. The predicted molar refractivity (Wildman–Crippen MR) is 126 cm³/mol. The van der Waals surface area contributed by atoms with Crippen molar-refractivity contribution < 1.29 is 22.8 Å². The van der Waals surface area contributed by atoms with Gasteiger partial charge in [0.25, 0.3) is 15.9 Å². The third kappa shape index (κ3) is 4.11. The van der Waals surface area contributed by atoms with E-state index in [-0.39, 0.29) is 28.1 Å². The van der Waals surface area contributed by atoms with Crippen molar-refractivity contribution in [1.29, 1.82) is 0 Å². The molecule has 10 heteroatoms. The number of hydrogen-bond donors (Lipinski definition) is 3. The van der Waals surface area contributed by atoms with Crippen molar-refractivity contribution in [3.63, 3.8) is 0 Å². The number of hydrogen-bond acceptors (Lipinski definition) is 6. The highest BCUT2D eigenvalue weighted by molar-refractivity contribution is 7.90. The number of rotatable bonds is 6. The van der Waals surface area contributed by atoms with E-state index in [0.717, 1.165) is 0 Å². The smallest absolute Gasteiger partial charge is 0.264 e. The van der Waals surface area contributed by atoms with Gasteiger partial charge in [-0.3, -0.25) is 14.4 Å². The van der Waals surface area contributed by atoms with E-state index in [0.29, 0.717) is 19.4 Å². The largest absolute Gasteiger partial charge is 0.340 e. The van der Waals surface area contributed by atoms with Crippen LogP contribution in [0.1, 0.15) is 47.5 Å². The summed E-state index contributed by atoms with van der Waals surface area (Å²) in [6.45, 7) is 10.2. The molecule has 0 unspecified atom stereocenters. The second kappa shape index (κ2) is 7.78. The van der Waals surface area contributed by atoms with Crippen molar-refractivity contribution in [3.8, 4) is 0 Å². The molecule has 34 heavy (non-hydrogen) atoms. The summed E-state index contributed by atoms with van der Waals surface area (Å²) < 4.78 is 27.3. The first kappa shape index (κ1) is 24.7. The number of benzene rings is 1. The zero-order valence-electron chi connectivity index (χ0n) is 20.3. The zero-order valence-corrected chi connectivity index (χ0v) is 21.1. The lowest BCUT2D eigenvalue weighted by atomic mass is 9.86. The van der Waals surface area contributed by atoms with Crippen LogP contribution in [0.4, 0.5) is 0 Å². The summed E-state index contributed by atoms with van der Waals surface area (Å²) in [4.78, 5) is 41.1. The Bertz CT molecular complexity index is 1120. The summed E-state index contributed by atoms with van der Waals surface area (Å²) in [5.41, 5.74) is 4.36. The van der Waals surface area contributed by atoms with Crippen molar-refractivity contribution in [2.45, 2.75) is 70.0 Å². The summed E-state index contributed by atoms with van der Waals surface area (Å²) in [5.74, 6) is -1.33. The molecule has 3 fully saturated rings. The quantitative estimate of drug-likeness (QED) is 0.544. The van der Waals surface area contributed by atoms with E-state index < -0.39 is 44.9 Å². The van der Waals surface area contributed by atoms with Crippen LogP contribution < -0.4 is 15.8 Å². The Morgan fingerprint density at radius 1 is 1.12 bits per heavy atom.